The normalized spacial score (nSPS) is 15.6. The van der Waals surface area contributed by atoms with Gasteiger partial charge in [-0.1, -0.05) is 39.0 Å². The first kappa shape index (κ1) is 19.1. The lowest BCUT2D eigenvalue weighted by Gasteiger charge is -2.32. The molecule has 2 heterocycles. The molecule has 0 spiro atoms. The van der Waals surface area contributed by atoms with E-state index >= 15 is 0 Å². The minimum Gasteiger partial charge on any atom is -0.496 e. The van der Waals surface area contributed by atoms with Crippen LogP contribution in [0.3, 0.4) is 0 Å². The summed E-state index contributed by atoms with van der Waals surface area (Å²) in [5.74, 6) is 1.08. The number of hydrogen-bond donors (Lipinski definition) is 1. The molecule has 1 N–H and O–H groups in total. The molecule has 0 bridgehead atoms. The second-order valence-corrected chi connectivity index (χ2v) is 8.04. The SMILES string of the molecule is COc1ccccc1C1CCN(C(=O)c2cc(C(C)(C)C)[nH]c(=O)n2)CC1. The zero-order valence-electron chi connectivity index (χ0n) is 16.4. The van der Waals surface area contributed by atoms with Gasteiger partial charge >= 0.3 is 5.69 Å². The Kier molecular flexibility index (Phi) is 5.35. The Balaban J connectivity index is 1.74. The molecule has 1 aromatic heterocycles. The van der Waals surface area contributed by atoms with Crippen LogP contribution in [0.2, 0.25) is 0 Å². The first-order valence-electron chi connectivity index (χ1n) is 9.33. The highest BCUT2D eigenvalue weighted by Gasteiger charge is 2.28. The van der Waals surface area contributed by atoms with Crippen LogP contribution in [0.25, 0.3) is 0 Å². The number of hydrogen-bond acceptors (Lipinski definition) is 4. The Morgan fingerprint density at radius 3 is 2.52 bits per heavy atom. The van der Waals surface area contributed by atoms with Crippen LogP contribution in [-0.4, -0.2) is 41.0 Å². The second kappa shape index (κ2) is 7.55. The highest BCUT2D eigenvalue weighted by molar-refractivity contribution is 5.92. The summed E-state index contributed by atoms with van der Waals surface area (Å²) < 4.78 is 5.47. The number of rotatable bonds is 3. The van der Waals surface area contributed by atoms with Crippen molar-refractivity contribution in [2.75, 3.05) is 20.2 Å². The van der Waals surface area contributed by atoms with Crippen molar-refractivity contribution in [3.8, 4) is 5.75 Å². The molecule has 1 saturated heterocycles. The maximum Gasteiger partial charge on any atom is 0.345 e. The van der Waals surface area contributed by atoms with Gasteiger partial charge in [-0.25, -0.2) is 4.79 Å². The summed E-state index contributed by atoms with van der Waals surface area (Å²) in [6.45, 7) is 7.25. The minimum atomic E-state index is -0.477. The van der Waals surface area contributed by atoms with E-state index in [2.05, 4.69) is 16.0 Å². The molecule has 6 nitrogen and oxygen atoms in total. The fourth-order valence-corrected chi connectivity index (χ4v) is 3.53. The zero-order valence-corrected chi connectivity index (χ0v) is 16.4. The van der Waals surface area contributed by atoms with Crippen molar-refractivity contribution in [1.82, 2.24) is 14.9 Å². The standard InChI is InChI=1S/C21H27N3O3/c1-21(2,3)18-13-16(22-20(26)23-18)19(25)24-11-9-14(10-12-24)15-7-5-6-8-17(15)27-4/h5-8,13-14H,9-12H2,1-4H3,(H,22,23,26). The largest absolute Gasteiger partial charge is 0.496 e. The molecular weight excluding hydrogens is 342 g/mol. The number of benzene rings is 1. The van der Waals surface area contributed by atoms with Crippen LogP contribution in [0.5, 0.6) is 5.75 Å². The molecule has 1 aromatic carbocycles. The molecule has 0 radical (unpaired) electrons. The Labute approximate surface area is 159 Å². The summed E-state index contributed by atoms with van der Waals surface area (Å²) in [6, 6.07) is 9.75. The number of H-pyrrole nitrogens is 1. The lowest BCUT2D eigenvalue weighted by Crippen LogP contribution is -2.39. The first-order valence-corrected chi connectivity index (χ1v) is 9.33. The van der Waals surface area contributed by atoms with Gasteiger partial charge in [0.25, 0.3) is 5.91 Å². The van der Waals surface area contributed by atoms with Gasteiger partial charge in [0.1, 0.15) is 11.4 Å². The first-order chi connectivity index (χ1) is 12.8. The van der Waals surface area contributed by atoms with E-state index in [1.807, 2.05) is 39.0 Å². The van der Waals surface area contributed by atoms with E-state index in [1.54, 1.807) is 18.1 Å². The number of piperidine rings is 1. The predicted octanol–water partition coefficient (Wildman–Crippen LogP) is 3.10. The van der Waals surface area contributed by atoms with Gasteiger partial charge in [-0.2, -0.15) is 4.98 Å². The molecule has 1 fully saturated rings. The topological polar surface area (TPSA) is 75.3 Å². The molecule has 1 aliphatic rings. The number of nitrogens with one attached hydrogen (secondary N) is 1. The molecule has 0 aliphatic carbocycles. The second-order valence-electron chi connectivity index (χ2n) is 8.04. The summed E-state index contributed by atoms with van der Waals surface area (Å²) >= 11 is 0. The van der Waals surface area contributed by atoms with Crippen molar-refractivity contribution in [3.05, 3.63) is 57.8 Å². The predicted molar refractivity (Wildman–Crippen MR) is 104 cm³/mol. The van der Waals surface area contributed by atoms with Crippen LogP contribution in [0.15, 0.2) is 35.1 Å². The Morgan fingerprint density at radius 1 is 1.22 bits per heavy atom. The van der Waals surface area contributed by atoms with Crippen molar-refractivity contribution < 1.29 is 9.53 Å². The van der Waals surface area contributed by atoms with E-state index in [0.29, 0.717) is 19.0 Å². The molecule has 0 atom stereocenters. The molecule has 0 unspecified atom stereocenters. The van der Waals surface area contributed by atoms with Gasteiger partial charge in [-0.05, 0) is 36.5 Å². The molecule has 27 heavy (non-hydrogen) atoms. The molecule has 0 saturated carbocycles. The van der Waals surface area contributed by atoms with E-state index < -0.39 is 5.69 Å². The number of likely N-dealkylation sites (tertiary alicyclic amines) is 1. The number of aromatic nitrogens is 2. The smallest absolute Gasteiger partial charge is 0.345 e. The highest BCUT2D eigenvalue weighted by atomic mass is 16.5. The molecule has 1 aliphatic heterocycles. The Hall–Kier alpha value is -2.63. The summed E-state index contributed by atoms with van der Waals surface area (Å²) in [4.78, 5) is 33.2. The number of aromatic amines is 1. The van der Waals surface area contributed by atoms with Gasteiger partial charge in [0.15, 0.2) is 0 Å². The Morgan fingerprint density at radius 2 is 1.89 bits per heavy atom. The van der Waals surface area contributed by atoms with Crippen LogP contribution >= 0.6 is 0 Å². The van der Waals surface area contributed by atoms with E-state index in [4.69, 9.17) is 4.74 Å². The summed E-state index contributed by atoms with van der Waals surface area (Å²) in [5, 5.41) is 0. The lowest BCUT2D eigenvalue weighted by atomic mass is 9.88. The van der Waals surface area contributed by atoms with Gasteiger partial charge in [0.05, 0.1) is 7.11 Å². The molecule has 1 amide bonds. The molecule has 3 rings (SSSR count). The monoisotopic (exact) mass is 369 g/mol. The maximum atomic E-state index is 12.9. The van der Waals surface area contributed by atoms with Crippen molar-refractivity contribution >= 4 is 5.91 Å². The minimum absolute atomic E-state index is 0.176. The highest BCUT2D eigenvalue weighted by Crippen LogP contribution is 2.34. The lowest BCUT2D eigenvalue weighted by molar-refractivity contribution is 0.0705. The number of amides is 1. The van der Waals surface area contributed by atoms with Gasteiger partial charge in [-0.15, -0.1) is 0 Å². The summed E-state index contributed by atoms with van der Waals surface area (Å²) in [6.07, 6.45) is 1.73. The van der Waals surface area contributed by atoms with E-state index in [9.17, 15) is 9.59 Å². The molecule has 6 heteroatoms. The van der Waals surface area contributed by atoms with Crippen LogP contribution in [0, 0.1) is 0 Å². The average Bonchev–Trinajstić information content (AvgIpc) is 2.66. The number of carbonyl (C=O) groups is 1. The van der Waals surface area contributed by atoms with Crippen LogP contribution in [0.1, 0.15) is 61.3 Å². The van der Waals surface area contributed by atoms with Gasteiger partial charge in [0.2, 0.25) is 0 Å². The average molecular weight is 369 g/mol. The number of methoxy groups -OCH3 is 1. The van der Waals surface area contributed by atoms with Crippen molar-refractivity contribution in [2.24, 2.45) is 0 Å². The van der Waals surface area contributed by atoms with Crippen molar-refractivity contribution in [3.63, 3.8) is 0 Å². The fraction of sp³-hybridized carbons (Fsp3) is 0.476. The summed E-state index contributed by atoms with van der Waals surface area (Å²) in [5.41, 5.74) is 1.40. The van der Waals surface area contributed by atoms with Gasteiger partial charge < -0.3 is 14.6 Å². The van der Waals surface area contributed by atoms with Crippen LogP contribution in [-0.2, 0) is 5.41 Å². The number of nitrogens with zero attached hydrogens (tertiary/aromatic N) is 2. The molecule has 144 valence electrons. The van der Waals surface area contributed by atoms with E-state index in [-0.39, 0.29) is 17.0 Å². The number of ether oxygens (including phenoxy) is 1. The number of carbonyl (C=O) groups excluding carboxylic acids is 1. The third kappa shape index (κ3) is 4.21. The quantitative estimate of drug-likeness (QED) is 0.902. The van der Waals surface area contributed by atoms with Gasteiger partial charge in [0, 0.05) is 24.2 Å². The van der Waals surface area contributed by atoms with Crippen LogP contribution < -0.4 is 10.4 Å². The van der Waals surface area contributed by atoms with E-state index in [0.717, 1.165) is 24.3 Å². The van der Waals surface area contributed by atoms with Gasteiger partial charge in [-0.3, -0.25) is 4.79 Å². The third-order valence-electron chi connectivity index (χ3n) is 5.13. The van der Waals surface area contributed by atoms with E-state index in [1.165, 1.54) is 5.56 Å². The number of para-hydroxylation sites is 1. The zero-order chi connectivity index (χ0) is 19.6. The third-order valence-corrected chi connectivity index (χ3v) is 5.13. The van der Waals surface area contributed by atoms with Crippen molar-refractivity contribution in [1.29, 1.82) is 0 Å². The fourth-order valence-electron chi connectivity index (χ4n) is 3.53. The molecule has 2 aromatic rings. The summed E-state index contributed by atoms with van der Waals surface area (Å²) in [7, 11) is 1.68. The van der Waals surface area contributed by atoms with Crippen molar-refractivity contribution in [2.45, 2.75) is 44.9 Å². The van der Waals surface area contributed by atoms with Crippen LogP contribution in [0.4, 0.5) is 0 Å². The Bertz CT molecular complexity index is 875. The molecular formula is C21H27N3O3. The maximum absolute atomic E-state index is 12.9.